The smallest absolute Gasteiger partial charge is 0.0701 e. The van der Waals surface area contributed by atoms with Gasteiger partial charge in [0.2, 0.25) is 0 Å². The quantitative estimate of drug-likeness (QED) is 0.202. The Morgan fingerprint density at radius 3 is 0.650 bits per heavy atom. The molecule has 0 unspecified atom stereocenters. The third-order valence-electron chi connectivity index (χ3n) is 6.05. The summed E-state index contributed by atoms with van der Waals surface area (Å²) in [5.41, 5.74) is 4.24. The van der Waals surface area contributed by atoms with Gasteiger partial charge in [-0.1, -0.05) is 97.1 Å². The first kappa shape index (κ1) is 26.1. The van der Waals surface area contributed by atoms with Gasteiger partial charge in [-0.3, -0.25) is 19.9 Å². The van der Waals surface area contributed by atoms with Crippen LogP contribution in [0.2, 0.25) is 0 Å². The summed E-state index contributed by atoms with van der Waals surface area (Å²) in [6, 6.07) is 48.3. The highest BCUT2D eigenvalue weighted by Crippen LogP contribution is 2.10. The molecule has 0 atom stereocenters. The van der Waals surface area contributed by atoms with Gasteiger partial charge in [-0.05, 0) is 48.5 Å². The molecule has 0 amide bonds. The molecule has 192 valence electrons. The molecule has 0 aliphatic heterocycles. The number of pyridine rings is 4. The SMILES string of the molecule is c1ccc2ncccc2c1.c1ccc2ncccc2c1.c1ccc2ncccc2c1.c1ccc2ncccc2c1. The maximum atomic E-state index is 4.18. The minimum atomic E-state index is 1.06. The van der Waals surface area contributed by atoms with Gasteiger partial charge in [0.15, 0.2) is 0 Å². The van der Waals surface area contributed by atoms with E-state index in [0.717, 1.165) is 22.1 Å². The van der Waals surface area contributed by atoms with Crippen molar-refractivity contribution in [2.75, 3.05) is 0 Å². The first-order valence-electron chi connectivity index (χ1n) is 13.1. The standard InChI is InChI=1S/4C9H7N/c4*1-2-6-9-8(4-1)5-3-7-10-9/h4*1-7H. The van der Waals surface area contributed by atoms with Crippen molar-refractivity contribution in [3.05, 3.63) is 170 Å². The number of rotatable bonds is 0. The molecule has 0 spiro atoms. The van der Waals surface area contributed by atoms with Crippen molar-refractivity contribution in [3.8, 4) is 0 Å². The molecular formula is C36H28N4. The van der Waals surface area contributed by atoms with Crippen LogP contribution in [0.1, 0.15) is 0 Å². The van der Waals surface area contributed by atoms with E-state index in [0.29, 0.717) is 0 Å². The van der Waals surface area contributed by atoms with Gasteiger partial charge >= 0.3 is 0 Å². The molecule has 0 fully saturated rings. The lowest BCUT2D eigenvalue weighted by molar-refractivity contribution is 1.41. The maximum Gasteiger partial charge on any atom is 0.0701 e. The Hall–Kier alpha value is -5.48. The molecular weight excluding hydrogens is 488 g/mol. The lowest BCUT2D eigenvalue weighted by atomic mass is 10.2. The van der Waals surface area contributed by atoms with Crippen molar-refractivity contribution in [2.24, 2.45) is 0 Å². The third kappa shape index (κ3) is 7.30. The summed E-state index contributed by atoms with van der Waals surface area (Å²) in [5.74, 6) is 0. The molecule has 0 N–H and O–H groups in total. The van der Waals surface area contributed by atoms with Crippen LogP contribution in [0.5, 0.6) is 0 Å². The summed E-state index contributed by atoms with van der Waals surface area (Å²) >= 11 is 0. The summed E-state index contributed by atoms with van der Waals surface area (Å²) in [7, 11) is 0. The molecule has 4 heterocycles. The second kappa shape index (κ2) is 13.9. The molecule has 0 radical (unpaired) electrons. The molecule has 0 saturated carbocycles. The van der Waals surface area contributed by atoms with Crippen LogP contribution >= 0.6 is 0 Å². The Kier molecular flexibility index (Phi) is 9.08. The molecule has 4 nitrogen and oxygen atoms in total. The minimum Gasteiger partial charge on any atom is -0.256 e. The van der Waals surface area contributed by atoms with Crippen LogP contribution in [-0.4, -0.2) is 19.9 Å². The number of hydrogen-bond donors (Lipinski definition) is 0. The van der Waals surface area contributed by atoms with Crippen molar-refractivity contribution in [1.29, 1.82) is 0 Å². The fraction of sp³-hybridized carbons (Fsp3) is 0. The number of hydrogen-bond acceptors (Lipinski definition) is 4. The highest BCUT2D eigenvalue weighted by Gasteiger charge is 1.89. The van der Waals surface area contributed by atoms with E-state index in [1.54, 1.807) is 0 Å². The maximum absolute atomic E-state index is 4.18. The van der Waals surface area contributed by atoms with Gasteiger partial charge in [0.25, 0.3) is 0 Å². The average molecular weight is 517 g/mol. The van der Waals surface area contributed by atoms with E-state index in [2.05, 4.69) is 68.5 Å². The molecule has 40 heavy (non-hydrogen) atoms. The van der Waals surface area contributed by atoms with Gasteiger partial charge in [-0.15, -0.1) is 0 Å². The Morgan fingerprint density at radius 2 is 0.425 bits per heavy atom. The van der Waals surface area contributed by atoms with Crippen LogP contribution in [0, 0.1) is 0 Å². The normalized spacial score (nSPS) is 10.0. The largest absolute Gasteiger partial charge is 0.256 e. The van der Waals surface area contributed by atoms with E-state index in [4.69, 9.17) is 0 Å². The van der Waals surface area contributed by atoms with Crippen molar-refractivity contribution >= 4 is 43.6 Å². The summed E-state index contributed by atoms with van der Waals surface area (Å²) < 4.78 is 0. The van der Waals surface area contributed by atoms with E-state index in [-0.39, 0.29) is 0 Å². The lowest BCUT2D eigenvalue weighted by Gasteiger charge is -1.91. The van der Waals surface area contributed by atoms with Gasteiger partial charge in [-0.2, -0.15) is 0 Å². The Balaban J connectivity index is 0.000000108. The zero-order chi connectivity index (χ0) is 27.2. The van der Waals surface area contributed by atoms with Crippen LogP contribution in [0.3, 0.4) is 0 Å². The van der Waals surface area contributed by atoms with Crippen LogP contribution in [0.25, 0.3) is 43.6 Å². The van der Waals surface area contributed by atoms with Gasteiger partial charge in [0, 0.05) is 46.3 Å². The van der Waals surface area contributed by atoms with Gasteiger partial charge in [0.1, 0.15) is 0 Å². The predicted molar refractivity (Wildman–Crippen MR) is 167 cm³/mol. The molecule has 8 aromatic rings. The molecule has 0 aliphatic carbocycles. The van der Waals surface area contributed by atoms with Crippen LogP contribution in [0.4, 0.5) is 0 Å². The minimum absolute atomic E-state index is 1.06. The third-order valence-corrected chi connectivity index (χ3v) is 6.05. The number of nitrogens with zero attached hydrogens (tertiary/aromatic N) is 4. The van der Waals surface area contributed by atoms with Gasteiger partial charge in [-0.25, -0.2) is 0 Å². The van der Waals surface area contributed by atoms with Gasteiger partial charge < -0.3 is 0 Å². The average Bonchev–Trinajstić information content (AvgIpc) is 3.06. The number of benzene rings is 4. The summed E-state index contributed by atoms with van der Waals surface area (Å²) in [5, 5.41) is 4.80. The van der Waals surface area contributed by atoms with Crippen LogP contribution < -0.4 is 0 Å². The zero-order valence-corrected chi connectivity index (χ0v) is 22.0. The van der Waals surface area contributed by atoms with E-state index in [1.807, 2.05) is 122 Å². The number of aromatic nitrogens is 4. The highest BCUT2D eigenvalue weighted by atomic mass is 14.7. The van der Waals surface area contributed by atoms with Crippen LogP contribution in [-0.2, 0) is 0 Å². The van der Waals surface area contributed by atoms with Crippen molar-refractivity contribution in [2.45, 2.75) is 0 Å². The monoisotopic (exact) mass is 516 g/mol. The molecule has 0 aliphatic rings. The summed E-state index contributed by atoms with van der Waals surface area (Å²) in [6.45, 7) is 0. The van der Waals surface area contributed by atoms with E-state index in [9.17, 15) is 0 Å². The molecule has 4 aromatic heterocycles. The summed E-state index contributed by atoms with van der Waals surface area (Å²) in [6.07, 6.45) is 7.23. The first-order valence-corrected chi connectivity index (χ1v) is 13.1. The predicted octanol–water partition coefficient (Wildman–Crippen LogP) is 8.94. The Bertz CT molecular complexity index is 1390. The Labute approximate surface area is 233 Å². The van der Waals surface area contributed by atoms with E-state index in [1.165, 1.54) is 21.5 Å². The Morgan fingerprint density at radius 1 is 0.225 bits per heavy atom. The lowest BCUT2D eigenvalue weighted by Crippen LogP contribution is -1.73. The molecule has 4 aromatic carbocycles. The second-order valence-corrected chi connectivity index (χ2v) is 8.78. The molecule has 4 heteroatoms. The van der Waals surface area contributed by atoms with Gasteiger partial charge in [0.05, 0.1) is 22.1 Å². The van der Waals surface area contributed by atoms with Crippen molar-refractivity contribution in [1.82, 2.24) is 19.9 Å². The number of para-hydroxylation sites is 4. The van der Waals surface area contributed by atoms with Crippen molar-refractivity contribution in [3.63, 3.8) is 0 Å². The fourth-order valence-corrected chi connectivity index (χ4v) is 4.06. The summed E-state index contributed by atoms with van der Waals surface area (Å²) in [4.78, 5) is 16.7. The molecule has 0 saturated heterocycles. The van der Waals surface area contributed by atoms with E-state index < -0.39 is 0 Å². The zero-order valence-electron chi connectivity index (χ0n) is 22.0. The molecule has 8 rings (SSSR count). The number of fused-ring (bicyclic) bond motifs is 4. The second-order valence-electron chi connectivity index (χ2n) is 8.78. The fourth-order valence-electron chi connectivity index (χ4n) is 4.06. The molecule has 0 bridgehead atoms. The topological polar surface area (TPSA) is 51.6 Å². The van der Waals surface area contributed by atoms with Crippen LogP contribution in [0.15, 0.2) is 170 Å². The first-order chi connectivity index (χ1) is 19.9. The highest BCUT2D eigenvalue weighted by molar-refractivity contribution is 5.79. The van der Waals surface area contributed by atoms with E-state index >= 15 is 0 Å². The van der Waals surface area contributed by atoms with Crippen molar-refractivity contribution < 1.29 is 0 Å².